The zero-order valence-corrected chi connectivity index (χ0v) is 31.0. The number of benzene rings is 4. The van der Waals surface area contributed by atoms with Gasteiger partial charge in [-0.15, -0.1) is 0 Å². The Morgan fingerprint density at radius 3 is 1.81 bits per heavy atom. The predicted octanol–water partition coefficient (Wildman–Crippen LogP) is 3.96. The molecule has 0 aliphatic carbocycles. The van der Waals surface area contributed by atoms with Crippen molar-refractivity contribution < 1.29 is 52.0 Å². The molecule has 4 aromatic carbocycles. The van der Waals surface area contributed by atoms with E-state index in [1.807, 2.05) is 36.4 Å². The molecule has 0 fully saturated rings. The molecular weight excluding hydrogens is 731 g/mol. The van der Waals surface area contributed by atoms with Crippen molar-refractivity contribution in [3.8, 4) is 34.3 Å². The standard InChI is InChI=1S/C35H21ClN10O5S.Na/c36-35-20(17-6-2-8-19-32(17)51-33-27-22(38-11-13-41-27)21-23(29(33)44-19)39-10-9-37-21)45-26-25(46-35)24-28(42-14-12-40-24)34-30(26)43-18-7-1-4-16(31(18)50-34)5-3-15-52(47,48)49;/h1-2,4,6-14,43-44H,3,5,15H2,(H,47,48,49);/q;+1/p-1. The van der Waals surface area contributed by atoms with E-state index in [2.05, 4.69) is 40.5 Å². The molecule has 2 N–H and O–H groups in total. The number of nitrogens with one attached hydrogen (secondary N) is 2. The molecule has 0 saturated heterocycles. The number of ether oxygens (including phenoxy) is 2. The first-order valence-corrected chi connectivity index (χ1v) is 17.9. The first-order valence-electron chi connectivity index (χ1n) is 15.9. The van der Waals surface area contributed by atoms with Crippen LogP contribution in [-0.4, -0.2) is 58.6 Å². The summed E-state index contributed by atoms with van der Waals surface area (Å²) in [4.78, 5) is 37.3. The van der Waals surface area contributed by atoms with Gasteiger partial charge in [-0.25, -0.2) is 28.4 Å². The molecule has 2 aliphatic rings. The zero-order chi connectivity index (χ0) is 35.1. The molecule has 53 heavy (non-hydrogen) atoms. The molecule has 2 aliphatic heterocycles. The van der Waals surface area contributed by atoms with Gasteiger partial charge in [0.05, 0.1) is 21.5 Å². The second-order valence-electron chi connectivity index (χ2n) is 12.0. The van der Waals surface area contributed by atoms with Gasteiger partial charge in [-0.2, -0.15) is 0 Å². The normalized spacial score (nSPS) is 12.8. The summed E-state index contributed by atoms with van der Waals surface area (Å²) in [7, 11) is -4.36. The Labute approximate surface area is 326 Å². The predicted molar refractivity (Wildman–Crippen MR) is 192 cm³/mol. The van der Waals surface area contributed by atoms with Crippen LogP contribution in [0.2, 0.25) is 5.15 Å². The molecule has 0 radical (unpaired) electrons. The van der Waals surface area contributed by atoms with Crippen molar-refractivity contribution in [2.75, 3.05) is 16.4 Å². The Balaban J connectivity index is 0.00000372. The molecule has 4 aromatic heterocycles. The second kappa shape index (κ2) is 12.6. The van der Waals surface area contributed by atoms with Crippen LogP contribution in [0.4, 0.5) is 22.7 Å². The third-order valence-corrected chi connectivity index (χ3v) is 9.94. The minimum atomic E-state index is -4.36. The summed E-state index contributed by atoms with van der Waals surface area (Å²) in [6.45, 7) is 0. The fraction of sp³-hybridized carbons (Fsp3) is 0.0857. The number of fused-ring (bicyclic) bond motifs is 14. The number of aromatic nitrogens is 8. The zero-order valence-electron chi connectivity index (χ0n) is 27.5. The van der Waals surface area contributed by atoms with E-state index in [0.29, 0.717) is 108 Å². The number of nitrogens with zero attached hydrogens (tertiary/aromatic N) is 8. The molecule has 10 rings (SSSR count). The van der Waals surface area contributed by atoms with E-state index in [4.69, 9.17) is 31.0 Å². The molecule has 0 bridgehead atoms. The average Bonchev–Trinajstić information content (AvgIpc) is 3.16. The summed E-state index contributed by atoms with van der Waals surface area (Å²) in [6.07, 6.45) is 9.93. The molecule has 18 heteroatoms. The molecule has 8 aromatic rings. The van der Waals surface area contributed by atoms with Gasteiger partial charge in [0.2, 0.25) is 0 Å². The van der Waals surface area contributed by atoms with E-state index in [9.17, 15) is 13.0 Å². The fourth-order valence-corrected chi connectivity index (χ4v) is 7.43. The number of para-hydroxylation sites is 2. The van der Waals surface area contributed by atoms with Crippen molar-refractivity contribution in [3.63, 3.8) is 0 Å². The van der Waals surface area contributed by atoms with Crippen LogP contribution >= 0.6 is 11.6 Å². The van der Waals surface area contributed by atoms with Gasteiger partial charge >= 0.3 is 29.6 Å². The number of rotatable bonds is 5. The molecule has 0 spiro atoms. The van der Waals surface area contributed by atoms with Crippen LogP contribution in [0, 0.1) is 0 Å². The molecular formula is C35H20ClN10NaO5S. The van der Waals surface area contributed by atoms with E-state index in [0.717, 1.165) is 5.56 Å². The fourth-order valence-electron chi connectivity index (χ4n) is 6.70. The number of aryl methyl sites for hydroxylation is 1. The maximum Gasteiger partial charge on any atom is 1.00 e. The molecule has 0 atom stereocenters. The third kappa shape index (κ3) is 5.45. The Bertz CT molecular complexity index is 2970. The smallest absolute Gasteiger partial charge is 0.748 e. The summed E-state index contributed by atoms with van der Waals surface area (Å²) < 4.78 is 47.0. The van der Waals surface area contributed by atoms with Crippen LogP contribution in [0.1, 0.15) is 12.0 Å². The van der Waals surface area contributed by atoms with Crippen LogP contribution in [0.15, 0.2) is 73.6 Å². The summed E-state index contributed by atoms with van der Waals surface area (Å²) in [5.41, 5.74) is 7.79. The molecule has 15 nitrogen and oxygen atoms in total. The van der Waals surface area contributed by atoms with E-state index in [1.165, 1.54) is 0 Å². The van der Waals surface area contributed by atoms with Gasteiger partial charge in [0, 0.05) is 48.5 Å². The van der Waals surface area contributed by atoms with Gasteiger partial charge in [0.1, 0.15) is 61.2 Å². The third-order valence-electron chi connectivity index (χ3n) is 8.89. The van der Waals surface area contributed by atoms with Gasteiger partial charge < -0.3 is 24.7 Å². The largest absolute Gasteiger partial charge is 1.00 e. The molecule has 254 valence electrons. The topological polar surface area (TPSA) is 203 Å². The second-order valence-corrected chi connectivity index (χ2v) is 13.9. The van der Waals surface area contributed by atoms with Crippen molar-refractivity contribution >= 4 is 88.6 Å². The average molecular weight is 751 g/mol. The van der Waals surface area contributed by atoms with Gasteiger partial charge in [0.15, 0.2) is 28.2 Å². The molecule has 0 amide bonds. The number of hydrogen-bond acceptors (Lipinski definition) is 15. The van der Waals surface area contributed by atoms with Crippen LogP contribution in [0.3, 0.4) is 0 Å². The SMILES string of the molecule is O=S(=O)([O-])CCCc1cccc2c1Oc1c(c3nc(-c4cccc5c4Oc4c(c6nccnc6c6nccnc46)N5)c(Cl)nc3c3nccnc13)N2.[Na+]. The molecule has 6 heterocycles. The Kier molecular flexibility index (Phi) is 7.99. The molecule has 0 unspecified atom stereocenters. The number of hydrogen-bond donors (Lipinski definition) is 2. The van der Waals surface area contributed by atoms with Gasteiger partial charge in [0.25, 0.3) is 0 Å². The van der Waals surface area contributed by atoms with E-state index >= 15 is 0 Å². The number of halogens is 1. The van der Waals surface area contributed by atoms with Crippen molar-refractivity contribution in [3.05, 3.63) is 84.3 Å². The summed E-state index contributed by atoms with van der Waals surface area (Å²) in [5.74, 6) is 1.22. The van der Waals surface area contributed by atoms with E-state index in [-0.39, 0.29) is 41.1 Å². The monoisotopic (exact) mass is 750 g/mol. The summed E-state index contributed by atoms with van der Waals surface area (Å²) in [6, 6.07) is 11.0. The van der Waals surface area contributed by atoms with Gasteiger partial charge in [-0.3, -0.25) is 19.9 Å². The van der Waals surface area contributed by atoms with Crippen molar-refractivity contribution in [2.45, 2.75) is 12.8 Å². The minimum Gasteiger partial charge on any atom is -0.748 e. The summed E-state index contributed by atoms with van der Waals surface area (Å²) in [5, 5.41) is 7.01. The first-order chi connectivity index (χ1) is 25.3. The Hall–Kier alpha value is -5.36. The maximum atomic E-state index is 11.3. The summed E-state index contributed by atoms with van der Waals surface area (Å²) >= 11 is 6.96. The minimum absolute atomic E-state index is 0. The molecule has 0 saturated carbocycles. The van der Waals surface area contributed by atoms with Crippen LogP contribution in [0.25, 0.3) is 55.4 Å². The van der Waals surface area contributed by atoms with Crippen molar-refractivity contribution in [1.82, 2.24) is 39.9 Å². The van der Waals surface area contributed by atoms with Crippen molar-refractivity contribution in [2.24, 2.45) is 0 Å². The van der Waals surface area contributed by atoms with Crippen LogP contribution in [-0.2, 0) is 16.5 Å². The van der Waals surface area contributed by atoms with Crippen LogP contribution in [0.5, 0.6) is 23.0 Å². The first kappa shape index (κ1) is 33.5. The quantitative estimate of drug-likeness (QED) is 0.145. The van der Waals surface area contributed by atoms with E-state index in [1.54, 1.807) is 37.2 Å². The Morgan fingerprint density at radius 2 is 1.15 bits per heavy atom. The van der Waals surface area contributed by atoms with Gasteiger partial charge in [-0.1, -0.05) is 29.8 Å². The van der Waals surface area contributed by atoms with Crippen molar-refractivity contribution in [1.29, 1.82) is 0 Å². The maximum absolute atomic E-state index is 11.3. The van der Waals surface area contributed by atoms with E-state index < -0.39 is 15.9 Å². The van der Waals surface area contributed by atoms with Crippen LogP contribution < -0.4 is 49.7 Å². The number of anilines is 4. The Morgan fingerprint density at radius 1 is 0.623 bits per heavy atom. The van der Waals surface area contributed by atoms with Gasteiger partial charge in [-0.05, 0) is 36.6 Å².